The molecular formula is C17H32N4O2. The summed E-state index contributed by atoms with van der Waals surface area (Å²) in [6.07, 6.45) is 4.72. The van der Waals surface area contributed by atoms with Crippen LogP contribution in [0.1, 0.15) is 46.5 Å². The maximum Gasteiger partial charge on any atom is 0.243 e. The predicted molar refractivity (Wildman–Crippen MR) is 92.6 cm³/mol. The third kappa shape index (κ3) is 6.37. The van der Waals surface area contributed by atoms with E-state index in [-0.39, 0.29) is 18.1 Å². The number of nitrogens with one attached hydrogen (secondary N) is 1. The van der Waals surface area contributed by atoms with Gasteiger partial charge in [0.1, 0.15) is 6.54 Å². The van der Waals surface area contributed by atoms with Crippen LogP contribution >= 0.6 is 0 Å². The first-order valence-corrected chi connectivity index (χ1v) is 8.68. The molecular weight excluding hydrogens is 292 g/mol. The third-order valence-corrected chi connectivity index (χ3v) is 4.04. The Balaban J connectivity index is 1.90. The molecule has 0 bridgehead atoms. The number of guanidine groups is 1. The van der Waals surface area contributed by atoms with E-state index in [0.717, 1.165) is 31.9 Å². The first-order valence-electron chi connectivity index (χ1n) is 8.68. The third-order valence-electron chi connectivity index (χ3n) is 4.04. The molecule has 23 heavy (non-hydrogen) atoms. The molecule has 1 amide bonds. The molecule has 1 aliphatic carbocycles. The summed E-state index contributed by atoms with van der Waals surface area (Å²) in [5, 5.41) is 3.48. The Kier molecular flexibility index (Phi) is 5.89. The highest BCUT2D eigenvalue weighted by Gasteiger charge is 2.29. The van der Waals surface area contributed by atoms with Gasteiger partial charge in [-0.25, -0.2) is 4.99 Å². The summed E-state index contributed by atoms with van der Waals surface area (Å²) in [5.41, 5.74) is -0.0891. The lowest BCUT2D eigenvalue weighted by molar-refractivity contribution is -0.127. The molecule has 0 spiro atoms. The fourth-order valence-electron chi connectivity index (χ4n) is 2.62. The normalized spacial score (nSPS) is 20.6. The minimum absolute atomic E-state index is 0.0334. The van der Waals surface area contributed by atoms with E-state index >= 15 is 0 Å². The zero-order valence-electron chi connectivity index (χ0n) is 15.3. The van der Waals surface area contributed by atoms with Crippen molar-refractivity contribution in [2.45, 2.75) is 64.2 Å². The lowest BCUT2D eigenvalue weighted by Crippen LogP contribution is -2.48. The first-order chi connectivity index (χ1) is 10.7. The lowest BCUT2D eigenvalue weighted by Gasteiger charge is -2.37. The smallest absolute Gasteiger partial charge is 0.243 e. The van der Waals surface area contributed by atoms with Crippen LogP contribution in [-0.2, 0) is 9.53 Å². The van der Waals surface area contributed by atoms with Gasteiger partial charge in [-0.2, -0.15) is 0 Å². The first kappa shape index (κ1) is 18.0. The van der Waals surface area contributed by atoms with Gasteiger partial charge in [-0.1, -0.05) is 0 Å². The molecule has 0 aromatic heterocycles. The van der Waals surface area contributed by atoms with Crippen LogP contribution in [0.2, 0.25) is 0 Å². The zero-order valence-corrected chi connectivity index (χ0v) is 15.3. The molecule has 0 unspecified atom stereocenters. The Morgan fingerprint density at radius 2 is 1.83 bits per heavy atom. The molecule has 2 rings (SSSR count). The van der Waals surface area contributed by atoms with Crippen molar-refractivity contribution in [1.29, 1.82) is 0 Å². The Bertz CT molecular complexity index is 430. The van der Waals surface area contributed by atoms with Gasteiger partial charge in [0.25, 0.3) is 0 Å². The Morgan fingerprint density at radius 3 is 2.30 bits per heavy atom. The molecule has 0 aromatic rings. The van der Waals surface area contributed by atoms with Crippen LogP contribution in [-0.4, -0.2) is 73.1 Å². The number of carbonyl (C=O) groups is 1. The molecule has 0 radical (unpaired) electrons. The highest BCUT2D eigenvalue weighted by atomic mass is 16.5. The van der Waals surface area contributed by atoms with Crippen LogP contribution in [0.4, 0.5) is 0 Å². The van der Waals surface area contributed by atoms with Crippen molar-refractivity contribution in [1.82, 2.24) is 15.1 Å². The number of carbonyl (C=O) groups excluding carboxylic acids is 1. The van der Waals surface area contributed by atoms with E-state index in [4.69, 9.17) is 4.74 Å². The van der Waals surface area contributed by atoms with Crippen molar-refractivity contribution in [3.8, 4) is 0 Å². The highest BCUT2D eigenvalue weighted by Crippen LogP contribution is 2.22. The largest absolute Gasteiger partial charge is 0.372 e. The van der Waals surface area contributed by atoms with Crippen LogP contribution in [0, 0.1) is 0 Å². The predicted octanol–water partition coefficient (Wildman–Crippen LogP) is 1.46. The summed E-state index contributed by atoms with van der Waals surface area (Å²) < 4.78 is 6.08. The molecule has 1 saturated heterocycles. The molecule has 1 saturated carbocycles. The molecule has 2 fully saturated rings. The van der Waals surface area contributed by atoms with E-state index in [0.29, 0.717) is 12.1 Å². The summed E-state index contributed by atoms with van der Waals surface area (Å²) in [6.45, 7) is 8.38. The summed E-state index contributed by atoms with van der Waals surface area (Å²) in [6, 6.07) is 0.534. The van der Waals surface area contributed by atoms with Crippen molar-refractivity contribution in [2.75, 3.05) is 33.7 Å². The van der Waals surface area contributed by atoms with E-state index in [1.165, 1.54) is 12.8 Å². The number of amides is 1. The van der Waals surface area contributed by atoms with Gasteiger partial charge in [0.05, 0.1) is 11.7 Å². The van der Waals surface area contributed by atoms with Gasteiger partial charge in [0, 0.05) is 33.2 Å². The highest BCUT2D eigenvalue weighted by molar-refractivity contribution is 5.85. The van der Waals surface area contributed by atoms with E-state index < -0.39 is 0 Å². The van der Waals surface area contributed by atoms with Crippen LogP contribution in [0.15, 0.2) is 4.99 Å². The van der Waals surface area contributed by atoms with Crippen molar-refractivity contribution in [3.63, 3.8) is 0 Å². The molecule has 1 aliphatic heterocycles. The van der Waals surface area contributed by atoms with Crippen LogP contribution in [0.25, 0.3) is 0 Å². The maximum absolute atomic E-state index is 11.8. The molecule has 1 N–H and O–H groups in total. The number of aliphatic imine (C=N–C) groups is 1. The SMILES string of the molecule is CN(C)C(=O)CN=C(NC1CC1)N1CCC(OC(C)(C)C)CC1. The number of likely N-dealkylation sites (N-methyl/N-ethyl adjacent to an activating group) is 1. The van der Waals surface area contributed by atoms with Gasteiger partial charge in [0.2, 0.25) is 5.91 Å². The average Bonchev–Trinajstić information content (AvgIpc) is 3.26. The van der Waals surface area contributed by atoms with E-state index in [2.05, 4.69) is 36.0 Å². The number of rotatable bonds is 4. The number of hydrogen-bond donors (Lipinski definition) is 1. The number of likely N-dealkylation sites (tertiary alicyclic amines) is 1. The molecule has 2 aliphatic rings. The second kappa shape index (κ2) is 7.51. The second-order valence-corrected chi connectivity index (χ2v) is 7.76. The van der Waals surface area contributed by atoms with E-state index in [1.54, 1.807) is 19.0 Å². The average molecular weight is 324 g/mol. The van der Waals surface area contributed by atoms with Crippen LogP contribution in [0.3, 0.4) is 0 Å². The van der Waals surface area contributed by atoms with E-state index in [9.17, 15) is 4.79 Å². The summed E-state index contributed by atoms with van der Waals surface area (Å²) in [5.74, 6) is 0.919. The monoisotopic (exact) mass is 324 g/mol. The second-order valence-electron chi connectivity index (χ2n) is 7.76. The number of nitrogens with zero attached hydrogens (tertiary/aromatic N) is 3. The lowest BCUT2D eigenvalue weighted by atomic mass is 10.1. The topological polar surface area (TPSA) is 57.2 Å². The fraction of sp³-hybridized carbons (Fsp3) is 0.882. The Labute approximate surface area is 140 Å². The van der Waals surface area contributed by atoms with Crippen molar-refractivity contribution < 1.29 is 9.53 Å². The van der Waals surface area contributed by atoms with Gasteiger partial charge in [0.15, 0.2) is 5.96 Å². The van der Waals surface area contributed by atoms with Crippen molar-refractivity contribution >= 4 is 11.9 Å². The summed E-state index contributed by atoms with van der Waals surface area (Å²) >= 11 is 0. The standard InChI is InChI=1S/C17H32N4O2/c1-17(2,3)23-14-8-10-21(11-9-14)16(19-13-6-7-13)18-12-15(22)20(4)5/h13-14H,6-12H2,1-5H3,(H,18,19). The fourth-order valence-corrected chi connectivity index (χ4v) is 2.62. The Hall–Kier alpha value is -1.30. The van der Waals surface area contributed by atoms with Gasteiger partial charge < -0.3 is 19.9 Å². The Morgan fingerprint density at radius 1 is 1.22 bits per heavy atom. The molecule has 0 aromatic carbocycles. The number of piperidine rings is 1. The van der Waals surface area contributed by atoms with Gasteiger partial charge in [-0.15, -0.1) is 0 Å². The summed E-state index contributed by atoms with van der Waals surface area (Å²) in [4.78, 5) is 20.2. The molecule has 1 heterocycles. The zero-order chi connectivity index (χ0) is 17.0. The van der Waals surface area contributed by atoms with Crippen LogP contribution < -0.4 is 5.32 Å². The van der Waals surface area contributed by atoms with Gasteiger partial charge in [-0.3, -0.25) is 4.79 Å². The van der Waals surface area contributed by atoms with Gasteiger partial charge in [-0.05, 0) is 46.5 Å². The molecule has 132 valence electrons. The number of ether oxygens (including phenoxy) is 1. The maximum atomic E-state index is 11.8. The van der Waals surface area contributed by atoms with E-state index in [1.807, 2.05) is 0 Å². The summed E-state index contributed by atoms with van der Waals surface area (Å²) in [7, 11) is 3.53. The number of hydrogen-bond acceptors (Lipinski definition) is 3. The minimum Gasteiger partial charge on any atom is -0.372 e. The quantitative estimate of drug-likeness (QED) is 0.628. The van der Waals surface area contributed by atoms with Crippen molar-refractivity contribution in [3.05, 3.63) is 0 Å². The van der Waals surface area contributed by atoms with Crippen LogP contribution in [0.5, 0.6) is 0 Å². The molecule has 0 atom stereocenters. The molecule has 6 nitrogen and oxygen atoms in total. The minimum atomic E-state index is -0.0891. The van der Waals surface area contributed by atoms with Crippen molar-refractivity contribution in [2.24, 2.45) is 4.99 Å². The van der Waals surface area contributed by atoms with Gasteiger partial charge >= 0.3 is 0 Å². The molecule has 6 heteroatoms.